The molecule has 9 heteroatoms. The molecule has 0 radical (unpaired) electrons. The second-order valence-corrected chi connectivity index (χ2v) is 10.1. The first-order chi connectivity index (χ1) is 16.5. The molecule has 35 heavy (non-hydrogen) atoms. The second kappa shape index (κ2) is 10.7. The van der Waals surface area contributed by atoms with Gasteiger partial charge in [-0.25, -0.2) is 14.1 Å². The molecule has 1 aromatic carbocycles. The van der Waals surface area contributed by atoms with Gasteiger partial charge in [0.15, 0.2) is 17.5 Å². The van der Waals surface area contributed by atoms with Crippen LogP contribution in [0.3, 0.4) is 0 Å². The zero-order valence-corrected chi connectivity index (χ0v) is 21.4. The zero-order valence-electron chi connectivity index (χ0n) is 19.8. The van der Waals surface area contributed by atoms with Gasteiger partial charge < -0.3 is 26.8 Å². The minimum atomic E-state index is -1.67. The topological polar surface area (TPSA) is 101 Å². The molecule has 8 nitrogen and oxygen atoms in total. The van der Waals surface area contributed by atoms with Crippen molar-refractivity contribution >= 4 is 17.8 Å². The fourth-order valence-electron chi connectivity index (χ4n) is 6.11. The Morgan fingerprint density at radius 3 is 2.37 bits per heavy atom. The number of hydrogen-bond donors (Lipinski definition) is 2. The van der Waals surface area contributed by atoms with E-state index in [9.17, 15) is 14.7 Å². The van der Waals surface area contributed by atoms with E-state index < -0.39 is 17.7 Å². The van der Waals surface area contributed by atoms with Crippen molar-refractivity contribution < 1.29 is 40.9 Å². The third-order valence-electron chi connectivity index (χ3n) is 8.13. The number of anilines is 1. The lowest BCUT2D eigenvalue weighted by molar-refractivity contribution is -0.869. The third-order valence-corrected chi connectivity index (χ3v) is 8.13. The standard InChI is InChI=1S/C26H32N4O4.BrH/c31-24(26(33,20-8-3-1-4-9-20)21-10-5-2-6-11-21)34-22-18-30(16-13-19(22)14-17-30)25(32)28-23-12-7-15-27-29-23;/h1,3-4,7-9,12,15,19,21-22,33H,2,5-6,10-11,13-14,16-18H2;1H/t19?,22?,26-,30?;/m0./s1. The molecule has 2 atom stereocenters. The van der Waals surface area contributed by atoms with E-state index in [0.717, 1.165) is 44.9 Å². The highest BCUT2D eigenvalue weighted by atomic mass is 79.9. The Kier molecular flexibility index (Phi) is 7.88. The average Bonchev–Trinajstić information content (AvgIpc) is 2.90. The number of amides is 2. The highest BCUT2D eigenvalue weighted by Gasteiger charge is 2.54. The van der Waals surface area contributed by atoms with Crippen LogP contribution in [-0.4, -0.2) is 57.5 Å². The van der Waals surface area contributed by atoms with Crippen LogP contribution >= 0.6 is 0 Å². The highest BCUT2D eigenvalue weighted by Crippen LogP contribution is 2.42. The van der Waals surface area contributed by atoms with Crippen LogP contribution in [0.15, 0.2) is 48.7 Å². The average molecular weight is 545 g/mol. The number of hydrogen-bond acceptors (Lipinski definition) is 6. The molecule has 3 saturated heterocycles. The monoisotopic (exact) mass is 544 g/mol. The summed E-state index contributed by atoms with van der Waals surface area (Å²) in [7, 11) is 0. The summed E-state index contributed by atoms with van der Waals surface area (Å²) >= 11 is 0. The zero-order chi connectivity index (χ0) is 23.6. The lowest BCUT2D eigenvalue weighted by atomic mass is 9.73. The molecule has 1 unspecified atom stereocenters. The number of quaternary nitrogens is 1. The lowest BCUT2D eigenvalue weighted by Crippen LogP contribution is -3.00. The van der Waals surface area contributed by atoms with Gasteiger partial charge in [0.05, 0.1) is 13.1 Å². The van der Waals surface area contributed by atoms with Gasteiger partial charge in [0.25, 0.3) is 0 Å². The number of piperidine rings is 3. The number of fused-ring (bicyclic) bond motifs is 3. The van der Waals surface area contributed by atoms with E-state index in [1.54, 1.807) is 18.3 Å². The summed E-state index contributed by atoms with van der Waals surface area (Å²) in [6.45, 7) is 1.82. The summed E-state index contributed by atoms with van der Waals surface area (Å²) < 4.78 is 6.32. The van der Waals surface area contributed by atoms with Crippen LogP contribution < -0.4 is 22.3 Å². The van der Waals surface area contributed by atoms with Crippen molar-refractivity contribution in [1.29, 1.82) is 0 Å². The Morgan fingerprint density at radius 1 is 1.00 bits per heavy atom. The molecule has 4 heterocycles. The van der Waals surface area contributed by atoms with Crippen LogP contribution in [0.2, 0.25) is 0 Å². The SMILES string of the molecule is O=C(OC1C[N+]2(C(=O)Nc3cccnn3)CCC1CC2)[C@](O)(c1ccccc1)C1CCCCC1.[Br-]. The van der Waals surface area contributed by atoms with Crippen LogP contribution in [-0.2, 0) is 15.1 Å². The second-order valence-electron chi connectivity index (χ2n) is 10.1. The van der Waals surface area contributed by atoms with E-state index in [0.29, 0.717) is 31.0 Å². The van der Waals surface area contributed by atoms with E-state index in [1.807, 2.05) is 30.3 Å². The van der Waals surface area contributed by atoms with Crippen molar-refractivity contribution in [2.24, 2.45) is 11.8 Å². The Hall–Kier alpha value is -2.36. The van der Waals surface area contributed by atoms with Gasteiger partial charge in [0, 0.05) is 30.9 Å². The van der Waals surface area contributed by atoms with Crippen LogP contribution in [0.4, 0.5) is 10.6 Å². The molecular formula is C26H33BrN4O4. The smallest absolute Gasteiger partial charge is 0.422 e. The van der Waals surface area contributed by atoms with Gasteiger partial charge in [0.2, 0.25) is 0 Å². The van der Waals surface area contributed by atoms with Crippen molar-refractivity contribution in [1.82, 2.24) is 10.2 Å². The summed E-state index contributed by atoms with van der Waals surface area (Å²) in [4.78, 5) is 26.9. The molecule has 188 valence electrons. The molecule has 2 N–H and O–H groups in total. The summed E-state index contributed by atoms with van der Waals surface area (Å²) in [5, 5.41) is 22.5. The number of carbonyl (C=O) groups excluding carboxylic acids is 2. The molecule has 6 rings (SSSR count). The van der Waals surface area contributed by atoms with E-state index in [1.165, 1.54) is 0 Å². The molecule has 1 saturated carbocycles. The maximum Gasteiger partial charge on any atom is 0.422 e. The van der Waals surface area contributed by atoms with Crippen LogP contribution in [0, 0.1) is 11.8 Å². The minimum absolute atomic E-state index is 0. The van der Waals surface area contributed by atoms with Crippen LogP contribution in [0.5, 0.6) is 0 Å². The number of nitrogens with one attached hydrogen (secondary N) is 1. The van der Waals surface area contributed by atoms with Gasteiger partial charge >= 0.3 is 12.0 Å². The Labute approximate surface area is 216 Å². The van der Waals surface area contributed by atoms with E-state index >= 15 is 0 Å². The Balaban J connectivity index is 0.00000289. The van der Waals surface area contributed by atoms with E-state index in [-0.39, 0.29) is 39.3 Å². The van der Waals surface area contributed by atoms with Crippen molar-refractivity contribution in [2.75, 3.05) is 25.0 Å². The minimum Gasteiger partial charge on any atom is -1.00 e. The van der Waals surface area contributed by atoms with Gasteiger partial charge in [0.1, 0.15) is 6.54 Å². The normalized spacial score (nSPS) is 27.8. The predicted molar refractivity (Wildman–Crippen MR) is 125 cm³/mol. The molecule has 3 aliphatic heterocycles. The largest absolute Gasteiger partial charge is 1.00 e. The summed E-state index contributed by atoms with van der Waals surface area (Å²) in [5.74, 6) is -0.117. The number of rotatable bonds is 5. The molecule has 0 spiro atoms. The number of urea groups is 1. The maximum absolute atomic E-state index is 13.7. The van der Waals surface area contributed by atoms with Crippen molar-refractivity contribution in [3.8, 4) is 0 Å². The molecule has 1 aliphatic carbocycles. The first-order valence-electron chi connectivity index (χ1n) is 12.5. The van der Waals surface area contributed by atoms with Crippen molar-refractivity contribution in [3.63, 3.8) is 0 Å². The summed E-state index contributed by atoms with van der Waals surface area (Å²) in [5.41, 5.74) is -1.07. The number of benzene rings is 1. The first kappa shape index (κ1) is 25.7. The number of carbonyl (C=O) groups is 2. The van der Waals surface area contributed by atoms with Crippen LogP contribution in [0.1, 0.15) is 50.5 Å². The Morgan fingerprint density at radius 2 is 1.71 bits per heavy atom. The van der Waals surface area contributed by atoms with Crippen LogP contribution in [0.25, 0.3) is 0 Å². The van der Waals surface area contributed by atoms with Gasteiger partial charge in [-0.05, 0) is 30.5 Å². The lowest BCUT2D eigenvalue weighted by Gasteiger charge is -2.50. The van der Waals surface area contributed by atoms with E-state index in [2.05, 4.69) is 15.5 Å². The number of aliphatic hydroxyl groups is 1. The van der Waals surface area contributed by atoms with Crippen molar-refractivity contribution in [3.05, 3.63) is 54.2 Å². The maximum atomic E-state index is 13.7. The fraction of sp³-hybridized carbons (Fsp3) is 0.538. The third kappa shape index (κ3) is 4.99. The van der Waals surface area contributed by atoms with Gasteiger partial charge in [-0.15, -0.1) is 5.10 Å². The van der Waals surface area contributed by atoms with Gasteiger partial charge in [-0.3, -0.25) is 5.32 Å². The fourth-order valence-corrected chi connectivity index (χ4v) is 6.11. The van der Waals surface area contributed by atoms with E-state index in [4.69, 9.17) is 4.74 Å². The number of esters is 1. The molecular weight excluding hydrogens is 512 g/mol. The number of ether oxygens (including phenoxy) is 1. The molecule has 2 aromatic rings. The molecule has 2 bridgehead atoms. The summed E-state index contributed by atoms with van der Waals surface area (Å²) in [6, 6.07) is 12.5. The van der Waals surface area contributed by atoms with Gasteiger partial charge in [-0.1, -0.05) is 49.6 Å². The first-order valence-corrected chi connectivity index (χ1v) is 12.5. The molecule has 4 aliphatic rings. The number of aromatic nitrogens is 2. The molecule has 2 amide bonds. The van der Waals surface area contributed by atoms with Gasteiger partial charge in [-0.2, -0.15) is 5.10 Å². The Bertz CT molecular complexity index is 1010. The molecule has 4 fully saturated rings. The quantitative estimate of drug-likeness (QED) is 0.423. The predicted octanol–water partition coefficient (Wildman–Crippen LogP) is 0.633. The van der Waals surface area contributed by atoms with Crippen molar-refractivity contribution in [2.45, 2.75) is 56.7 Å². The highest BCUT2D eigenvalue weighted by molar-refractivity contribution is 5.83. The molecule has 1 aromatic heterocycles. The summed E-state index contributed by atoms with van der Waals surface area (Å²) in [6.07, 6.45) is 7.50. The number of halogens is 1. The number of nitrogens with zero attached hydrogens (tertiary/aromatic N) is 3.